The molecule has 5 heteroatoms. The Morgan fingerprint density at radius 2 is 2.22 bits per heavy atom. The maximum absolute atomic E-state index is 13.3. The number of halogens is 1. The van der Waals surface area contributed by atoms with Gasteiger partial charge in [0.1, 0.15) is 12.1 Å². The topological polar surface area (TPSA) is 55.1 Å². The number of carbonyl (C=O) groups is 1. The molecule has 4 nitrogen and oxygen atoms in total. The number of amides is 1. The smallest absolute Gasteiger partial charge is 0.220 e. The Morgan fingerprint density at radius 3 is 2.94 bits per heavy atom. The average molecular weight is 248 g/mol. The molecule has 0 bridgehead atoms. The van der Waals surface area contributed by atoms with E-state index in [0.717, 1.165) is 5.69 Å². The van der Waals surface area contributed by atoms with Gasteiger partial charge >= 0.3 is 0 Å². The number of oxazole rings is 1. The van der Waals surface area contributed by atoms with Crippen LogP contribution >= 0.6 is 0 Å². The summed E-state index contributed by atoms with van der Waals surface area (Å²) in [6.07, 6.45) is 3.65. The minimum absolute atomic E-state index is 0.138. The van der Waals surface area contributed by atoms with Gasteiger partial charge in [-0.05, 0) is 6.07 Å². The lowest BCUT2D eigenvalue weighted by Gasteiger charge is -2.05. The largest absolute Gasteiger partial charge is 0.451 e. The van der Waals surface area contributed by atoms with Crippen molar-refractivity contribution in [2.24, 2.45) is 0 Å². The van der Waals surface area contributed by atoms with Gasteiger partial charge in [0, 0.05) is 24.9 Å². The van der Waals surface area contributed by atoms with E-state index in [-0.39, 0.29) is 18.3 Å². The molecule has 2 aromatic rings. The number of rotatable bonds is 5. The van der Waals surface area contributed by atoms with E-state index in [1.165, 1.54) is 18.7 Å². The molecule has 0 aliphatic rings. The zero-order valence-corrected chi connectivity index (χ0v) is 9.73. The van der Waals surface area contributed by atoms with E-state index in [0.29, 0.717) is 18.4 Å². The number of aryl methyl sites for hydroxylation is 1. The number of hydrogen-bond donors (Lipinski definition) is 1. The molecule has 0 spiro atoms. The van der Waals surface area contributed by atoms with Gasteiger partial charge in [0.25, 0.3) is 0 Å². The number of carbonyl (C=O) groups excluding carboxylic acids is 1. The number of hydrogen-bond acceptors (Lipinski definition) is 3. The maximum atomic E-state index is 13.3. The van der Waals surface area contributed by atoms with Gasteiger partial charge in [-0.15, -0.1) is 0 Å². The van der Waals surface area contributed by atoms with Crippen molar-refractivity contribution < 1.29 is 13.6 Å². The van der Waals surface area contributed by atoms with E-state index in [9.17, 15) is 9.18 Å². The van der Waals surface area contributed by atoms with Crippen LogP contribution in [0.1, 0.15) is 17.7 Å². The van der Waals surface area contributed by atoms with Gasteiger partial charge in [-0.2, -0.15) is 0 Å². The summed E-state index contributed by atoms with van der Waals surface area (Å²) in [5.74, 6) is -0.449. The SMILES string of the molecule is O=C(CCc1cocn1)NCc1ccccc1F. The summed E-state index contributed by atoms with van der Waals surface area (Å²) in [4.78, 5) is 15.4. The molecule has 0 atom stereocenters. The van der Waals surface area contributed by atoms with Crippen LogP contribution in [0.2, 0.25) is 0 Å². The lowest BCUT2D eigenvalue weighted by atomic mass is 10.2. The molecule has 18 heavy (non-hydrogen) atoms. The second-order valence-electron chi connectivity index (χ2n) is 3.85. The van der Waals surface area contributed by atoms with Crippen molar-refractivity contribution in [2.45, 2.75) is 19.4 Å². The third kappa shape index (κ3) is 3.41. The predicted molar refractivity (Wildman–Crippen MR) is 63.1 cm³/mol. The second kappa shape index (κ2) is 5.95. The van der Waals surface area contributed by atoms with E-state index in [1.807, 2.05) is 0 Å². The molecule has 0 unspecified atom stereocenters. The summed E-state index contributed by atoms with van der Waals surface area (Å²) in [5.41, 5.74) is 1.21. The first kappa shape index (κ1) is 12.3. The zero-order chi connectivity index (χ0) is 12.8. The van der Waals surface area contributed by atoms with Crippen molar-refractivity contribution in [1.29, 1.82) is 0 Å². The third-order valence-electron chi connectivity index (χ3n) is 2.53. The minimum atomic E-state index is -0.311. The Labute approximate surface area is 104 Å². The van der Waals surface area contributed by atoms with Crippen molar-refractivity contribution in [3.63, 3.8) is 0 Å². The summed E-state index contributed by atoms with van der Waals surface area (Å²) >= 11 is 0. The summed E-state index contributed by atoms with van der Waals surface area (Å²) in [6.45, 7) is 0.199. The highest BCUT2D eigenvalue weighted by Crippen LogP contribution is 2.06. The van der Waals surface area contributed by atoms with Crippen LogP contribution in [0.25, 0.3) is 0 Å². The molecule has 1 amide bonds. The Kier molecular flexibility index (Phi) is 4.06. The number of benzene rings is 1. The van der Waals surface area contributed by atoms with Crippen molar-refractivity contribution >= 4 is 5.91 Å². The van der Waals surface area contributed by atoms with E-state index in [2.05, 4.69) is 10.3 Å². The highest BCUT2D eigenvalue weighted by molar-refractivity contribution is 5.76. The van der Waals surface area contributed by atoms with Crippen LogP contribution < -0.4 is 5.32 Å². The third-order valence-corrected chi connectivity index (χ3v) is 2.53. The first-order valence-corrected chi connectivity index (χ1v) is 5.63. The summed E-state index contributed by atoms with van der Waals surface area (Å²) < 4.78 is 18.1. The molecule has 94 valence electrons. The standard InChI is InChI=1S/C13H13FN2O2/c14-12-4-2-1-3-10(12)7-15-13(17)6-5-11-8-18-9-16-11/h1-4,8-9H,5-7H2,(H,15,17). The summed E-state index contributed by atoms with van der Waals surface area (Å²) in [5, 5.41) is 2.66. The van der Waals surface area contributed by atoms with Crippen molar-refractivity contribution in [1.82, 2.24) is 10.3 Å². The molecule has 0 radical (unpaired) electrons. The van der Waals surface area contributed by atoms with Crippen LogP contribution in [-0.2, 0) is 17.8 Å². The highest BCUT2D eigenvalue weighted by atomic mass is 19.1. The average Bonchev–Trinajstić information content (AvgIpc) is 2.88. The fourth-order valence-corrected chi connectivity index (χ4v) is 1.53. The highest BCUT2D eigenvalue weighted by Gasteiger charge is 2.05. The van der Waals surface area contributed by atoms with Crippen LogP contribution in [0.3, 0.4) is 0 Å². The van der Waals surface area contributed by atoms with E-state index in [1.54, 1.807) is 18.2 Å². The molecular formula is C13H13FN2O2. The van der Waals surface area contributed by atoms with E-state index in [4.69, 9.17) is 4.42 Å². The van der Waals surface area contributed by atoms with Crippen LogP contribution in [0, 0.1) is 5.82 Å². The number of nitrogens with zero attached hydrogens (tertiary/aromatic N) is 1. The normalized spacial score (nSPS) is 10.3. The molecule has 1 heterocycles. The maximum Gasteiger partial charge on any atom is 0.220 e. The van der Waals surface area contributed by atoms with Gasteiger partial charge in [0.05, 0.1) is 5.69 Å². The molecule has 0 saturated heterocycles. The monoisotopic (exact) mass is 248 g/mol. The molecule has 1 aromatic carbocycles. The molecule has 1 N–H and O–H groups in total. The minimum Gasteiger partial charge on any atom is -0.451 e. The molecule has 0 saturated carbocycles. The van der Waals surface area contributed by atoms with E-state index < -0.39 is 0 Å². The Hall–Kier alpha value is -2.17. The molecule has 1 aromatic heterocycles. The Bertz CT molecular complexity index is 511. The molecule has 2 rings (SSSR count). The van der Waals surface area contributed by atoms with Gasteiger partial charge in [0.2, 0.25) is 5.91 Å². The molecular weight excluding hydrogens is 235 g/mol. The zero-order valence-electron chi connectivity index (χ0n) is 9.73. The van der Waals surface area contributed by atoms with Gasteiger partial charge in [0.15, 0.2) is 6.39 Å². The van der Waals surface area contributed by atoms with Gasteiger partial charge in [-0.25, -0.2) is 9.37 Å². The van der Waals surface area contributed by atoms with Crippen LogP contribution in [0.15, 0.2) is 41.3 Å². The number of aromatic nitrogens is 1. The Morgan fingerprint density at radius 1 is 1.39 bits per heavy atom. The second-order valence-corrected chi connectivity index (χ2v) is 3.85. The lowest BCUT2D eigenvalue weighted by Crippen LogP contribution is -2.23. The molecule has 0 fully saturated rings. The van der Waals surface area contributed by atoms with Crippen molar-refractivity contribution in [2.75, 3.05) is 0 Å². The summed E-state index contributed by atoms with van der Waals surface area (Å²) in [7, 11) is 0. The van der Waals surface area contributed by atoms with E-state index >= 15 is 0 Å². The first-order chi connectivity index (χ1) is 8.75. The van der Waals surface area contributed by atoms with Gasteiger partial charge in [-0.3, -0.25) is 4.79 Å². The van der Waals surface area contributed by atoms with Gasteiger partial charge in [-0.1, -0.05) is 18.2 Å². The summed E-state index contributed by atoms with van der Waals surface area (Å²) in [6, 6.07) is 6.37. The first-order valence-electron chi connectivity index (χ1n) is 5.63. The fourth-order valence-electron chi connectivity index (χ4n) is 1.53. The van der Waals surface area contributed by atoms with Crippen molar-refractivity contribution in [3.05, 3.63) is 54.0 Å². The quantitative estimate of drug-likeness (QED) is 0.881. The predicted octanol–water partition coefficient (Wildman–Crippen LogP) is 2.06. The molecule has 0 aliphatic carbocycles. The molecule has 0 aliphatic heterocycles. The fraction of sp³-hybridized carbons (Fsp3) is 0.231. The number of nitrogens with one attached hydrogen (secondary N) is 1. The van der Waals surface area contributed by atoms with Crippen LogP contribution in [0.5, 0.6) is 0 Å². The van der Waals surface area contributed by atoms with Gasteiger partial charge < -0.3 is 9.73 Å². The lowest BCUT2D eigenvalue weighted by molar-refractivity contribution is -0.121. The Balaban J connectivity index is 1.77. The van der Waals surface area contributed by atoms with Crippen LogP contribution in [0.4, 0.5) is 4.39 Å². The van der Waals surface area contributed by atoms with Crippen molar-refractivity contribution in [3.8, 4) is 0 Å². The van der Waals surface area contributed by atoms with Crippen LogP contribution in [-0.4, -0.2) is 10.9 Å².